The van der Waals surface area contributed by atoms with Gasteiger partial charge in [0.25, 0.3) is 0 Å². The molecule has 0 radical (unpaired) electrons. The quantitative estimate of drug-likeness (QED) is 0.636. The molecule has 0 bridgehead atoms. The molecule has 30 heavy (non-hydrogen) atoms. The maximum Gasteiger partial charge on any atom is 0.243 e. The number of carbonyl (C=O) groups is 1. The predicted octanol–water partition coefficient (Wildman–Crippen LogP) is 4.43. The van der Waals surface area contributed by atoms with Gasteiger partial charge in [-0.05, 0) is 55.2 Å². The molecule has 0 saturated heterocycles. The summed E-state index contributed by atoms with van der Waals surface area (Å²) in [5, 5.41) is 3.01. The Bertz CT molecular complexity index is 917. The SMILES string of the molecule is CC(C)C(NC(=O)[C@@H](C)N(c1ccc(Oc2ccccc2)cc1)S(C)(=O)=O)C(C)C. The highest BCUT2D eigenvalue weighted by atomic mass is 32.2. The van der Waals surface area contributed by atoms with Crippen molar-refractivity contribution in [2.75, 3.05) is 10.6 Å². The number of hydrogen-bond donors (Lipinski definition) is 1. The highest BCUT2D eigenvalue weighted by Gasteiger charge is 2.31. The van der Waals surface area contributed by atoms with E-state index in [1.54, 1.807) is 31.2 Å². The van der Waals surface area contributed by atoms with E-state index in [0.29, 0.717) is 17.2 Å². The summed E-state index contributed by atoms with van der Waals surface area (Å²) in [4.78, 5) is 12.9. The van der Waals surface area contributed by atoms with Crippen molar-refractivity contribution in [1.82, 2.24) is 5.32 Å². The van der Waals surface area contributed by atoms with E-state index in [4.69, 9.17) is 4.74 Å². The Morgan fingerprint density at radius 3 is 1.83 bits per heavy atom. The Morgan fingerprint density at radius 2 is 1.37 bits per heavy atom. The minimum atomic E-state index is -3.68. The number of carbonyl (C=O) groups excluding carboxylic acids is 1. The molecule has 1 amide bonds. The summed E-state index contributed by atoms with van der Waals surface area (Å²) < 4.78 is 32.0. The van der Waals surface area contributed by atoms with Gasteiger partial charge in [0.2, 0.25) is 15.9 Å². The molecule has 2 rings (SSSR count). The average Bonchev–Trinajstić information content (AvgIpc) is 2.66. The second kappa shape index (κ2) is 9.98. The maximum atomic E-state index is 12.9. The van der Waals surface area contributed by atoms with Gasteiger partial charge in [-0.1, -0.05) is 45.9 Å². The van der Waals surface area contributed by atoms with Crippen LogP contribution in [0.25, 0.3) is 0 Å². The number of rotatable bonds is 9. The largest absolute Gasteiger partial charge is 0.457 e. The van der Waals surface area contributed by atoms with Gasteiger partial charge in [0, 0.05) is 6.04 Å². The topological polar surface area (TPSA) is 75.7 Å². The van der Waals surface area contributed by atoms with Gasteiger partial charge in [0.1, 0.15) is 17.5 Å². The fraction of sp³-hybridized carbons (Fsp3) is 0.435. The molecular formula is C23H32N2O4S. The van der Waals surface area contributed by atoms with Crippen LogP contribution < -0.4 is 14.4 Å². The third-order valence-corrected chi connectivity index (χ3v) is 6.15. The molecule has 0 heterocycles. The molecule has 0 aliphatic carbocycles. The van der Waals surface area contributed by atoms with E-state index in [9.17, 15) is 13.2 Å². The Labute approximate surface area is 180 Å². The average molecular weight is 433 g/mol. The number of anilines is 1. The second-order valence-electron chi connectivity index (χ2n) is 8.17. The Hall–Kier alpha value is -2.54. The van der Waals surface area contributed by atoms with Crippen molar-refractivity contribution >= 4 is 21.6 Å². The molecular weight excluding hydrogens is 400 g/mol. The lowest BCUT2D eigenvalue weighted by atomic mass is 9.93. The van der Waals surface area contributed by atoms with Crippen LogP contribution in [0.3, 0.4) is 0 Å². The van der Waals surface area contributed by atoms with Crippen LogP contribution in [0.15, 0.2) is 54.6 Å². The highest BCUT2D eigenvalue weighted by molar-refractivity contribution is 7.92. The van der Waals surface area contributed by atoms with Crippen LogP contribution in [0, 0.1) is 11.8 Å². The van der Waals surface area contributed by atoms with Crippen molar-refractivity contribution in [2.45, 2.75) is 46.7 Å². The Kier molecular flexibility index (Phi) is 7.89. The molecule has 2 aromatic rings. The molecule has 2 aromatic carbocycles. The lowest BCUT2D eigenvalue weighted by molar-refractivity contribution is -0.123. The van der Waals surface area contributed by atoms with Gasteiger partial charge in [0.15, 0.2) is 0 Å². The summed E-state index contributed by atoms with van der Waals surface area (Å²) in [6, 6.07) is 15.1. The van der Waals surface area contributed by atoms with E-state index < -0.39 is 16.1 Å². The van der Waals surface area contributed by atoms with Crippen molar-refractivity contribution < 1.29 is 17.9 Å². The van der Waals surface area contributed by atoms with E-state index >= 15 is 0 Å². The molecule has 0 aromatic heterocycles. The monoisotopic (exact) mass is 432 g/mol. The first-order valence-electron chi connectivity index (χ1n) is 10.1. The Balaban J connectivity index is 2.24. The lowest BCUT2D eigenvalue weighted by Gasteiger charge is -2.32. The van der Waals surface area contributed by atoms with Gasteiger partial charge in [-0.3, -0.25) is 9.10 Å². The van der Waals surface area contributed by atoms with Crippen molar-refractivity contribution in [2.24, 2.45) is 11.8 Å². The lowest BCUT2D eigenvalue weighted by Crippen LogP contribution is -2.52. The van der Waals surface area contributed by atoms with Gasteiger partial charge >= 0.3 is 0 Å². The molecule has 0 aliphatic rings. The van der Waals surface area contributed by atoms with Gasteiger partial charge < -0.3 is 10.1 Å². The molecule has 0 saturated carbocycles. The number of amides is 1. The van der Waals surface area contributed by atoms with E-state index in [1.165, 1.54) is 0 Å². The van der Waals surface area contributed by atoms with Crippen molar-refractivity contribution in [3.63, 3.8) is 0 Å². The fourth-order valence-electron chi connectivity index (χ4n) is 3.48. The smallest absolute Gasteiger partial charge is 0.243 e. The van der Waals surface area contributed by atoms with Crippen LogP contribution in [0.2, 0.25) is 0 Å². The van der Waals surface area contributed by atoms with Crippen LogP contribution in [-0.2, 0) is 14.8 Å². The first-order chi connectivity index (χ1) is 14.0. The molecule has 0 unspecified atom stereocenters. The molecule has 164 valence electrons. The zero-order chi connectivity index (χ0) is 22.5. The van der Waals surface area contributed by atoms with Crippen LogP contribution in [0.1, 0.15) is 34.6 Å². The first kappa shape index (κ1) is 23.7. The zero-order valence-electron chi connectivity index (χ0n) is 18.5. The van der Waals surface area contributed by atoms with Crippen molar-refractivity contribution in [3.8, 4) is 11.5 Å². The van der Waals surface area contributed by atoms with Gasteiger partial charge in [-0.25, -0.2) is 8.42 Å². The van der Waals surface area contributed by atoms with E-state index in [1.807, 2.05) is 58.0 Å². The van der Waals surface area contributed by atoms with Crippen LogP contribution in [0.4, 0.5) is 5.69 Å². The second-order valence-corrected chi connectivity index (χ2v) is 10.0. The predicted molar refractivity (Wildman–Crippen MR) is 121 cm³/mol. The number of sulfonamides is 1. The number of para-hydroxylation sites is 1. The van der Waals surface area contributed by atoms with Crippen LogP contribution in [-0.4, -0.2) is 32.7 Å². The number of ether oxygens (including phenoxy) is 1. The molecule has 7 heteroatoms. The zero-order valence-corrected chi connectivity index (χ0v) is 19.3. The summed E-state index contributed by atoms with van der Waals surface area (Å²) in [7, 11) is -3.68. The first-order valence-corrected chi connectivity index (χ1v) is 12.0. The molecule has 0 aliphatic heterocycles. The Morgan fingerprint density at radius 1 is 0.867 bits per heavy atom. The minimum Gasteiger partial charge on any atom is -0.457 e. The molecule has 1 N–H and O–H groups in total. The third kappa shape index (κ3) is 6.23. The van der Waals surface area contributed by atoms with Crippen LogP contribution >= 0.6 is 0 Å². The standard InChI is InChI=1S/C23H32N2O4S/c1-16(2)22(17(3)4)24-23(26)18(5)25(30(6,27)28)19-12-14-21(15-13-19)29-20-10-8-7-9-11-20/h7-18,22H,1-6H3,(H,24,26)/t18-/m1/s1. The summed E-state index contributed by atoms with van der Waals surface area (Å²) in [5.74, 6) is 1.42. The van der Waals surface area contributed by atoms with E-state index in [-0.39, 0.29) is 23.8 Å². The fourth-order valence-corrected chi connectivity index (χ4v) is 4.66. The number of nitrogens with one attached hydrogen (secondary N) is 1. The molecule has 6 nitrogen and oxygen atoms in total. The summed E-state index contributed by atoms with van der Waals surface area (Å²) in [6.45, 7) is 9.75. The van der Waals surface area contributed by atoms with Gasteiger partial charge in [0.05, 0.1) is 11.9 Å². The van der Waals surface area contributed by atoms with Gasteiger partial charge in [-0.2, -0.15) is 0 Å². The number of hydrogen-bond acceptors (Lipinski definition) is 4. The summed E-state index contributed by atoms with van der Waals surface area (Å²) in [6.07, 6.45) is 1.10. The van der Waals surface area contributed by atoms with E-state index in [2.05, 4.69) is 5.32 Å². The normalized spacial score (nSPS) is 12.8. The molecule has 0 fully saturated rings. The summed E-state index contributed by atoms with van der Waals surface area (Å²) >= 11 is 0. The number of benzene rings is 2. The third-order valence-electron chi connectivity index (χ3n) is 4.90. The van der Waals surface area contributed by atoms with Gasteiger partial charge in [-0.15, -0.1) is 0 Å². The van der Waals surface area contributed by atoms with Crippen molar-refractivity contribution in [3.05, 3.63) is 54.6 Å². The van der Waals surface area contributed by atoms with E-state index in [0.717, 1.165) is 10.6 Å². The van der Waals surface area contributed by atoms with Crippen LogP contribution in [0.5, 0.6) is 11.5 Å². The minimum absolute atomic E-state index is 0.0389. The molecule has 0 spiro atoms. The van der Waals surface area contributed by atoms with Crippen molar-refractivity contribution in [1.29, 1.82) is 0 Å². The summed E-state index contributed by atoms with van der Waals surface area (Å²) in [5.41, 5.74) is 0.409. The number of nitrogens with zero attached hydrogens (tertiary/aromatic N) is 1. The molecule has 1 atom stereocenters. The highest BCUT2D eigenvalue weighted by Crippen LogP contribution is 2.27. The maximum absolute atomic E-state index is 12.9.